The standard InChI is InChI=1S/C8H8O/c1-7(9)8-5-3-2-4-6-8/h2-7H,1H2. The van der Waals surface area contributed by atoms with Crippen LogP contribution in [0.2, 0.25) is 0 Å². The molecule has 0 saturated carbocycles. The first kappa shape index (κ1) is 6.30. The Morgan fingerprint density at radius 1 is 1.22 bits per heavy atom. The smallest absolute Gasteiger partial charge is 0.118 e. The van der Waals surface area contributed by atoms with E-state index in [1.165, 1.54) is 0 Å². The van der Waals surface area contributed by atoms with Gasteiger partial charge in [-0.3, -0.25) is 0 Å². The van der Waals surface area contributed by atoms with E-state index in [2.05, 4.69) is 6.92 Å². The fourth-order valence-electron chi connectivity index (χ4n) is 0.668. The molecule has 1 aromatic rings. The summed E-state index contributed by atoms with van der Waals surface area (Å²) in [5.74, 6) is 0. The van der Waals surface area contributed by atoms with Crippen molar-refractivity contribution in [1.82, 2.24) is 0 Å². The molecule has 0 aliphatic carbocycles. The Morgan fingerprint density at radius 3 is 2.11 bits per heavy atom. The lowest BCUT2D eigenvalue weighted by Gasteiger charge is -1.97. The van der Waals surface area contributed by atoms with Gasteiger partial charge >= 0.3 is 0 Å². The molecule has 0 aromatic heterocycles. The van der Waals surface area contributed by atoms with Crippen molar-refractivity contribution < 1.29 is 5.11 Å². The average Bonchev–Trinajstić information content (AvgIpc) is 1.90. The van der Waals surface area contributed by atoms with Crippen LogP contribution in [-0.2, 0) is 5.11 Å². The van der Waals surface area contributed by atoms with Gasteiger partial charge in [0.25, 0.3) is 0 Å². The van der Waals surface area contributed by atoms with Crippen LogP contribution in [0.4, 0.5) is 0 Å². The molecular weight excluding hydrogens is 112 g/mol. The second-order valence-electron chi connectivity index (χ2n) is 1.90. The molecule has 1 rings (SSSR count). The summed E-state index contributed by atoms with van der Waals surface area (Å²) in [5, 5.41) is 10.6. The predicted octanol–water partition coefficient (Wildman–Crippen LogP) is 1.99. The van der Waals surface area contributed by atoms with E-state index >= 15 is 0 Å². The van der Waals surface area contributed by atoms with Gasteiger partial charge in [0.15, 0.2) is 0 Å². The molecule has 0 aliphatic rings. The fraction of sp³-hybridized carbons (Fsp3) is 0.125. The zero-order chi connectivity index (χ0) is 6.69. The third-order valence-corrected chi connectivity index (χ3v) is 1.17. The molecule has 1 heteroatoms. The van der Waals surface area contributed by atoms with Crippen LogP contribution < -0.4 is 0 Å². The molecule has 46 valence electrons. The highest BCUT2D eigenvalue weighted by Crippen LogP contribution is 2.09. The molecule has 0 amide bonds. The SMILES string of the molecule is [CH2]C([O])c1ccccc1. The minimum Gasteiger partial charge on any atom is -0.228 e. The summed E-state index contributed by atoms with van der Waals surface area (Å²) in [5.41, 5.74) is 0.748. The summed E-state index contributed by atoms with van der Waals surface area (Å²) in [6.45, 7) is 3.35. The van der Waals surface area contributed by atoms with Gasteiger partial charge in [0.05, 0.1) is 0 Å². The largest absolute Gasteiger partial charge is 0.228 e. The number of hydrogen-bond acceptors (Lipinski definition) is 0. The van der Waals surface area contributed by atoms with Gasteiger partial charge in [0, 0.05) is 0 Å². The van der Waals surface area contributed by atoms with Crippen LogP contribution in [0.5, 0.6) is 0 Å². The molecule has 0 fully saturated rings. The minimum absolute atomic E-state index is 0.748. The monoisotopic (exact) mass is 120 g/mol. The van der Waals surface area contributed by atoms with E-state index in [1.807, 2.05) is 18.2 Å². The van der Waals surface area contributed by atoms with Crippen LogP contribution in [0.25, 0.3) is 0 Å². The fourth-order valence-corrected chi connectivity index (χ4v) is 0.668. The lowest BCUT2D eigenvalue weighted by Crippen LogP contribution is -1.86. The molecule has 1 nitrogen and oxygen atoms in total. The number of rotatable bonds is 1. The van der Waals surface area contributed by atoms with Crippen molar-refractivity contribution in [2.24, 2.45) is 0 Å². The molecule has 0 aliphatic heterocycles. The highest BCUT2D eigenvalue weighted by molar-refractivity contribution is 5.17. The highest BCUT2D eigenvalue weighted by Gasteiger charge is 1.97. The topological polar surface area (TPSA) is 19.9 Å². The van der Waals surface area contributed by atoms with Gasteiger partial charge in [-0.25, -0.2) is 5.11 Å². The van der Waals surface area contributed by atoms with Crippen molar-refractivity contribution in [3.63, 3.8) is 0 Å². The first-order chi connectivity index (χ1) is 4.30. The van der Waals surface area contributed by atoms with Crippen LogP contribution >= 0.6 is 0 Å². The van der Waals surface area contributed by atoms with Crippen molar-refractivity contribution >= 4 is 0 Å². The van der Waals surface area contributed by atoms with Gasteiger partial charge in [-0.15, -0.1) is 0 Å². The van der Waals surface area contributed by atoms with Crippen molar-refractivity contribution in [2.75, 3.05) is 0 Å². The molecule has 1 aromatic carbocycles. The van der Waals surface area contributed by atoms with E-state index < -0.39 is 6.10 Å². The average molecular weight is 120 g/mol. The summed E-state index contributed by atoms with van der Waals surface area (Å²) < 4.78 is 0. The first-order valence-corrected chi connectivity index (χ1v) is 2.84. The summed E-state index contributed by atoms with van der Waals surface area (Å²) >= 11 is 0. The predicted molar refractivity (Wildman–Crippen MR) is 35.2 cm³/mol. The Bertz CT molecular complexity index is 167. The van der Waals surface area contributed by atoms with E-state index in [0.29, 0.717) is 0 Å². The molecule has 0 N–H and O–H groups in total. The first-order valence-electron chi connectivity index (χ1n) is 2.84. The maximum Gasteiger partial charge on any atom is 0.118 e. The molecule has 0 saturated heterocycles. The second-order valence-corrected chi connectivity index (χ2v) is 1.90. The Hall–Kier alpha value is -0.820. The number of benzene rings is 1. The van der Waals surface area contributed by atoms with Gasteiger partial charge < -0.3 is 0 Å². The third-order valence-electron chi connectivity index (χ3n) is 1.17. The van der Waals surface area contributed by atoms with E-state index in [4.69, 9.17) is 0 Å². The highest BCUT2D eigenvalue weighted by atomic mass is 16.3. The molecule has 9 heavy (non-hydrogen) atoms. The minimum atomic E-state index is -0.841. The van der Waals surface area contributed by atoms with Gasteiger partial charge in [0.1, 0.15) is 6.10 Å². The summed E-state index contributed by atoms with van der Waals surface area (Å²) in [7, 11) is 0. The van der Waals surface area contributed by atoms with Crippen LogP contribution in [0.3, 0.4) is 0 Å². The van der Waals surface area contributed by atoms with Crippen molar-refractivity contribution in [1.29, 1.82) is 0 Å². The Kier molecular flexibility index (Phi) is 1.85. The van der Waals surface area contributed by atoms with Gasteiger partial charge in [0.2, 0.25) is 0 Å². The molecule has 1 unspecified atom stereocenters. The van der Waals surface area contributed by atoms with E-state index in [9.17, 15) is 5.11 Å². The van der Waals surface area contributed by atoms with E-state index in [0.717, 1.165) is 5.56 Å². The Labute approximate surface area is 55.0 Å². The zero-order valence-electron chi connectivity index (χ0n) is 5.08. The molecule has 2 radical (unpaired) electrons. The summed E-state index contributed by atoms with van der Waals surface area (Å²) in [6.07, 6.45) is -0.841. The van der Waals surface area contributed by atoms with Gasteiger partial charge in [-0.1, -0.05) is 30.3 Å². The van der Waals surface area contributed by atoms with Crippen LogP contribution in [-0.4, -0.2) is 0 Å². The summed E-state index contributed by atoms with van der Waals surface area (Å²) in [4.78, 5) is 0. The summed E-state index contributed by atoms with van der Waals surface area (Å²) in [6, 6.07) is 9.12. The Balaban J connectivity index is 2.85. The van der Waals surface area contributed by atoms with Crippen LogP contribution in [0.15, 0.2) is 30.3 Å². The third kappa shape index (κ3) is 1.54. The van der Waals surface area contributed by atoms with Crippen molar-refractivity contribution in [3.8, 4) is 0 Å². The zero-order valence-corrected chi connectivity index (χ0v) is 5.08. The Morgan fingerprint density at radius 2 is 1.78 bits per heavy atom. The molecular formula is C8H8O. The van der Waals surface area contributed by atoms with Gasteiger partial charge in [-0.2, -0.15) is 0 Å². The second kappa shape index (κ2) is 2.65. The molecule has 1 atom stereocenters. The normalized spacial score (nSPS) is 13.1. The van der Waals surface area contributed by atoms with Gasteiger partial charge in [-0.05, 0) is 12.5 Å². The number of hydrogen-bond donors (Lipinski definition) is 0. The lowest BCUT2D eigenvalue weighted by molar-refractivity contribution is 0.129. The van der Waals surface area contributed by atoms with Crippen molar-refractivity contribution in [3.05, 3.63) is 42.8 Å². The maximum absolute atomic E-state index is 10.6. The quantitative estimate of drug-likeness (QED) is 0.540. The molecule has 0 heterocycles. The van der Waals surface area contributed by atoms with Crippen LogP contribution in [0, 0.1) is 6.92 Å². The van der Waals surface area contributed by atoms with Crippen molar-refractivity contribution in [2.45, 2.75) is 6.10 Å². The maximum atomic E-state index is 10.6. The van der Waals surface area contributed by atoms with E-state index in [1.54, 1.807) is 12.1 Å². The lowest BCUT2D eigenvalue weighted by atomic mass is 10.1. The molecule has 0 spiro atoms. The molecule has 0 bridgehead atoms. The van der Waals surface area contributed by atoms with E-state index in [-0.39, 0.29) is 0 Å². The van der Waals surface area contributed by atoms with Crippen LogP contribution in [0.1, 0.15) is 11.7 Å².